The summed E-state index contributed by atoms with van der Waals surface area (Å²) in [6.07, 6.45) is -0.628. The van der Waals surface area contributed by atoms with Gasteiger partial charge in [0.2, 0.25) is 0 Å². The van der Waals surface area contributed by atoms with E-state index in [1.165, 1.54) is 10.4 Å². The number of benzene rings is 3. The molecule has 1 spiro atoms. The smallest absolute Gasteiger partial charge is 0.261 e. The summed E-state index contributed by atoms with van der Waals surface area (Å²) >= 11 is 0. The summed E-state index contributed by atoms with van der Waals surface area (Å²) in [5, 5.41) is 12.8. The molecule has 6 heteroatoms. The fourth-order valence-corrected chi connectivity index (χ4v) is 11.2. The van der Waals surface area contributed by atoms with E-state index < -0.39 is 20.2 Å². The van der Waals surface area contributed by atoms with Gasteiger partial charge in [0.1, 0.15) is 6.10 Å². The van der Waals surface area contributed by atoms with Gasteiger partial charge in [-0.25, -0.2) is 0 Å². The van der Waals surface area contributed by atoms with Gasteiger partial charge in [-0.15, -0.1) is 0 Å². The number of hydrogen-bond acceptors (Lipinski definition) is 5. The zero-order valence-electron chi connectivity index (χ0n) is 24.5. The van der Waals surface area contributed by atoms with Crippen molar-refractivity contribution in [1.82, 2.24) is 0 Å². The van der Waals surface area contributed by atoms with Crippen LogP contribution in [0.1, 0.15) is 46.6 Å². The molecule has 2 aliphatic heterocycles. The van der Waals surface area contributed by atoms with Crippen molar-refractivity contribution < 1.29 is 23.7 Å². The molecule has 5 nitrogen and oxygen atoms in total. The molecule has 2 aliphatic rings. The van der Waals surface area contributed by atoms with Crippen molar-refractivity contribution in [2.45, 2.75) is 76.8 Å². The van der Waals surface area contributed by atoms with Gasteiger partial charge < -0.3 is 23.7 Å². The summed E-state index contributed by atoms with van der Waals surface area (Å²) < 4.78 is 27.0. The first-order valence-electron chi connectivity index (χ1n) is 14.6. The second kappa shape index (κ2) is 11.9. The summed E-state index contributed by atoms with van der Waals surface area (Å²) in [6, 6.07) is 31.6. The molecule has 0 radical (unpaired) electrons. The number of hydrogen-bond donors (Lipinski definition) is 1. The average Bonchev–Trinajstić information content (AvgIpc) is 3.33. The SMILES string of the molecule is C[C@@H]1[C@@H](OCc2ccccc2)[C@@H](CO[Si](c2ccccc2)(c2ccccc2)C(C)(C)C)O[C@@]2(C[C@H](O)CO2)[C@H]1C. The number of ether oxygens (including phenoxy) is 3. The molecule has 0 unspecified atom stereocenters. The van der Waals surface area contributed by atoms with Gasteiger partial charge in [-0.1, -0.05) is 126 Å². The molecule has 2 saturated heterocycles. The highest BCUT2D eigenvalue weighted by molar-refractivity contribution is 6.99. The van der Waals surface area contributed by atoms with Crippen LogP contribution in [0.4, 0.5) is 0 Å². The van der Waals surface area contributed by atoms with Crippen LogP contribution in [-0.2, 0) is 25.2 Å². The second-order valence-electron chi connectivity index (χ2n) is 12.5. The molecule has 0 bridgehead atoms. The summed E-state index contributed by atoms with van der Waals surface area (Å²) in [7, 11) is -2.78. The third-order valence-electron chi connectivity index (χ3n) is 8.92. The maximum absolute atomic E-state index is 10.5. The summed E-state index contributed by atoms with van der Waals surface area (Å²) in [4.78, 5) is 0. The Morgan fingerprint density at radius 1 is 0.875 bits per heavy atom. The van der Waals surface area contributed by atoms with Crippen molar-refractivity contribution >= 4 is 18.7 Å². The fraction of sp³-hybridized carbons (Fsp3) is 0.471. The van der Waals surface area contributed by atoms with Gasteiger partial charge in [0, 0.05) is 12.3 Å². The Hall–Kier alpha value is -2.32. The lowest BCUT2D eigenvalue weighted by atomic mass is 9.78. The summed E-state index contributed by atoms with van der Waals surface area (Å²) in [5.74, 6) is -0.657. The topological polar surface area (TPSA) is 57.2 Å². The first kappa shape index (κ1) is 29.2. The molecule has 6 atom stereocenters. The van der Waals surface area contributed by atoms with E-state index in [0.29, 0.717) is 19.6 Å². The van der Waals surface area contributed by atoms with Crippen molar-refractivity contribution in [2.75, 3.05) is 13.2 Å². The Bertz CT molecular complexity index is 1180. The fourth-order valence-electron chi connectivity index (χ4n) is 6.66. The zero-order chi connectivity index (χ0) is 28.4. The van der Waals surface area contributed by atoms with Gasteiger partial charge >= 0.3 is 0 Å². The average molecular weight is 561 g/mol. The first-order chi connectivity index (χ1) is 19.2. The van der Waals surface area contributed by atoms with Gasteiger partial charge in [-0.3, -0.25) is 0 Å². The quantitative estimate of drug-likeness (QED) is 0.379. The maximum atomic E-state index is 10.5. The predicted molar refractivity (Wildman–Crippen MR) is 161 cm³/mol. The van der Waals surface area contributed by atoms with E-state index in [9.17, 15) is 5.11 Å². The van der Waals surface area contributed by atoms with Crippen LogP contribution in [0.15, 0.2) is 91.0 Å². The molecule has 5 rings (SSSR count). The summed E-state index contributed by atoms with van der Waals surface area (Å²) in [5.41, 5.74) is 1.13. The van der Waals surface area contributed by atoms with Crippen LogP contribution in [0.3, 0.4) is 0 Å². The highest BCUT2D eigenvalue weighted by Crippen LogP contribution is 2.46. The van der Waals surface area contributed by atoms with E-state index >= 15 is 0 Å². The Balaban J connectivity index is 1.51. The van der Waals surface area contributed by atoms with Crippen molar-refractivity contribution in [2.24, 2.45) is 11.8 Å². The van der Waals surface area contributed by atoms with Crippen LogP contribution in [-0.4, -0.2) is 50.7 Å². The summed E-state index contributed by atoms with van der Waals surface area (Å²) in [6.45, 7) is 12.4. The van der Waals surface area contributed by atoms with Crippen molar-refractivity contribution in [3.8, 4) is 0 Å². The predicted octanol–water partition coefficient (Wildman–Crippen LogP) is 5.30. The molecule has 40 heavy (non-hydrogen) atoms. The lowest BCUT2D eigenvalue weighted by molar-refractivity contribution is -0.328. The van der Waals surface area contributed by atoms with Gasteiger partial charge in [0.25, 0.3) is 8.32 Å². The monoisotopic (exact) mass is 560 g/mol. The zero-order valence-corrected chi connectivity index (χ0v) is 25.5. The molecule has 2 fully saturated rings. The number of aliphatic hydroxyl groups excluding tert-OH is 1. The molecule has 0 aliphatic carbocycles. The van der Waals surface area contributed by atoms with Crippen LogP contribution >= 0.6 is 0 Å². The van der Waals surface area contributed by atoms with Crippen molar-refractivity contribution in [1.29, 1.82) is 0 Å². The molecule has 214 valence electrons. The molecular formula is C34H44O5Si. The molecule has 3 aromatic rings. The van der Waals surface area contributed by atoms with E-state index in [4.69, 9.17) is 18.6 Å². The first-order valence-corrected chi connectivity index (χ1v) is 16.5. The number of rotatable bonds is 8. The molecule has 0 amide bonds. The van der Waals surface area contributed by atoms with Crippen LogP contribution < -0.4 is 10.4 Å². The van der Waals surface area contributed by atoms with Gasteiger partial charge in [-0.05, 0) is 26.9 Å². The van der Waals surface area contributed by atoms with Crippen LogP contribution in [0.2, 0.25) is 5.04 Å². The van der Waals surface area contributed by atoms with E-state index in [1.54, 1.807) is 0 Å². The minimum atomic E-state index is -2.78. The normalized spacial score (nSPS) is 29.1. The second-order valence-corrected chi connectivity index (χ2v) is 16.8. The van der Waals surface area contributed by atoms with Crippen molar-refractivity contribution in [3.63, 3.8) is 0 Å². The van der Waals surface area contributed by atoms with Crippen LogP contribution in [0, 0.1) is 11.8 Å². The van der Waals surface area contributed by atoms with E-state index in [1.807, 2.05) is 18.2 Å². The molecule has 3 aromatic carbocycles. The third kappa shape index (κ3) is 5.58. The highest BCUT2D eigenvalue weighted by atomic mass is 28.4. The van der Waals surface area contributed by atoms with Gasteiger partial charge in [0.05, 0.1) is 32.0 Å². The van der Waals surface area contributed by atoms with Gasteiger partial charge in [-0.2, -0.15) is 0 Å². The van der Waals surface area contributed by atoms with E-state index in [-0.39, 0.29) is 35.7 Å². The largest absolute Gasteiger partial charge is 0.405 e. The Morgan fingerprint density at radius 3 is 1.93 bits per heavy atom. The number of aliphatic hydroxyl groups is 1. The highest BCUT2D eigenvalue weighted by Gasteiger charge is 2.57. The molecule has 1 N–H and O–H groups in total. The third-order valence-corrected chi connectivity index (χ3v) is 13.9. The minimum absolute atomic E-state index is 0.0505. The van der Waals surface area contributed by atoms with Crippen LogP contribution in [0.25, 0.3) is 0 Å². The minimum Gasteiger partial charge on any atom is -0.405 e. The Labute approximate surface area is 240 Å². The van der Waals surface area contributed by atoms with E-state index in [0.717, 1.165) is 5.56 Å². The Morgan fingerprint density at radius 2 is 1.43 bits per heavy atom. The van der Waals surface area contributed by atoms with Crippen molar-refractivity contribution in [3.05, 3.63) is 96.6 Å². The maximum Gasteiger partial charge on any atom is 0.261 e. The van der Waals surface area contributed by atoms with E-state index in [2.05, 4.69) is 107 Å². The molecule has 0 saturated carbocycles. The van der Waals surface area contributed by atoms with Crippen LogP contribution in [0.5, 0.6) is 0 Å². The lowest BCUT2D eigenvalue weighted by Gasteiger charge is -2.51. The molecular weight excluding hydrogens is 516 g/mol. The lowest BCUT2D eigenvalue weighted by Crippen LogP contribution is -2.68. The molecule has 2 heterocycles. The standard InChI is InChI=1S/C34H44O5Si/c1-25-26(2)34(21-28(35)23-37-34)39-31(32(25)36-22-27-15-9-6-10-16-27)24-38-40(33(3,4)5,29-17-11-7-12-18-29)30-19-13-8-14-20-30/h6-20,25-26,28,31-32,35H,21-24H2,1-5H3/t25-,26-,28-,31+,32+,34-/m0/s1. The Kier molecular flexibility index (Phi) is 8.67. The van der Waals surface area contributed by atoms with Gasteiger partial charge in [0.15, 0.2) is 5.79 Å². The molecule has 0 aromatic heterocycles.